The average Bonchev–Trinajstić information content (AvgIpc) is 2.38. The van der Waals surface area contributed by atoms with E-state index in [1.807, 2.05) is 0 Å². The molecule has 0 spiro atoms. The highest BCUT2D eigenvalue weighted by molar-refractivity contribution is 5.65. The zero-order valence-corrected chi connectivity index (χ0v) is 11.8. The van der Waals surface area contributed by atoms with E-state index in [2.05, 4.69) is 4.98 Å². The van der Waals surface area contributed by atoms with Crippen molar-refractivity contribution in [3.05, 3.63) is 33.1 Å². The highest BCUT2D eigenvalue weighted by atomic mass is 19.1. The maximum atomic E-state index is 14.6. The Morgan fingerprint density at radius 3 is 2.95 bits per heavy atom. The molecule has 1 saturated heterocycles. The molecule has 0 bridgehead atoms. The Bertz CT molecular complexity index is 636. The number of rotatable bonds is 3. The monoisotopic (exact) mass is 300 g/mol. The largest absolute Gasteiger partial charge is 0.463 e. The fraction of sp³-hybridized carbons (Fsp3) is 0.615. The van der Waals surface area contributed by atoms with Crippen LogP contribution in [0.5, 0.6) is 0 Å². The van der Waals surface area contributed by atoms with E-state index in [9.17, 15) is 18.8 Å². The minimum absolute atomic E-state index is 0.0000171. The lowest BCUT2D eigenvalue weighted by Gasteiger charge is -2.39. The van der Waals surface area contributed by atoms with E-state index < -0.39 is 35.2 Å². The molecule has 3 atom stereocenters. The van der Waals surface area contributed by atoms with Crippen molar-refractivity contribution in [3.8, 4) is 0 Å². The molecule has 1 aliphatic heterocycles. The lowest BCUT2D eigenvalue weighted by molar-refractivity contribution is -0.189. The van der Waals surface area contributed by atoms with Crippen molar-refractivity contribution in [3.63, 3.8) is 0 Å². The van der Waals surface area contributed by atoms with Crippen molar-refractivity contribution in [2.75, 3.05) is 6.61 Å². The Kier molecular flexibility index (Phi) is 4.26. The van der Waals surface area contributed by atoms with E-state index in [1.165, 1.54) is 20.0 Å². The predicted octanol–water partition coefficient (Wildman–Crippen LogP) is 0.505. The first-order chi connectivity index (χ1) is 9.79. The lowest BCUT2D eigenvalue weighted by Crippen LogP contribution is -2.47. The summed E-state index contributed by atoms with van der Waals surface area (Å²) in [6.45, 7) is 2.60. The first kappa shape index (κ1) is 15.4. The molecule has 2 rings (SSSR count). The third-order valence-corrected chi connectivity index (χ3v) is 3.37. The summed E-state index contributed by atoms with van der Waals surface area (Å²) in [7, 11) is 0. The number of ether oxygens (including phenoxy) is 2. The summed E-state index contributed by atoms with van der Waals surface area (Å²) in [6.07, 6.45) is 0.0276. The summed E-state index contributed by atoms with van der Waals surface area (Å²) < 4.78 is 26.0. The number of hydrogen-bond acceptors (Lipinski definition) is 5. The quantitative estimate of drug-likeness (QED) is 0.821. The van der Waals surface area contributed by atoms with Crippen LogP contribution in [0.15, 0.2) is 21.9 Å². The van der Waals surface area contributed by atoms with Gasteiger partial charge in [-0.3, -0.25) is 19.1 Å². The smallest absolute Gasteiger partial charge is 0.330 e. The first-order valence-corrected chi connectivity index (χ1v) is 6.59. The second-order valence-corrected chi connectivity index (χ2v) is 5.25. The van der Waals surface area contributed by atoms with Crippen molar-refractivity contribution < 1.29 is 18.7 Å². The molecule has 8 heteroatoms. The molecule has 0 radical (unpaired) electrons. The number of H-pyrrole nitrogens is 1. The van der Waals surface area contributed by atoms with Gasteiger partial charge < -0.3 is 9.47 Å². The molecule has 0 saturated carbocycles. The van der Waals surface area contributed by atoms with Crippen LogP contribution in [0.2, 0.25) is 0 Å². The number of esters is 1. The van der Waals surface area contributed by atoms with Crippen molar-refractivity contribution in [1.29, 1.82) is 0 Å². The molecule has 1 unspecified atom stereocenters. The molecule has 1 aromatic rings. The summed E-state index contributed by atoms with van der Waals surface area (Å²) in [5.41, 5.74) is -3.08. The van der Waals surface area contributed by atoms with Crippen LogP contribution in [0.4, 0.5) is 4.39 Å². The molecule has 7 nitrogen and oxygen atoms in total. The van der Waals surface area contributed by atoms with Crippen LogP contribution in [0.25, 0.3) is 0 Å². The zero-order valence-electron chi connectivity index (χ0n) is 11.8. The molecule has 0 aromatic carbocycles. The van der Waals surface area contributed by atoms with Crippen molar-refractivity contribution >= 4 is 5.97 Å². The zero-order chi connectivity index (χ0) is 15.6. The number of hydrogen-bond donors (Lipinski definition) is 1. The minimum Gasteiger partial charge on any atom is -0.463 e. The molecule has 1 N–H and O–H groups in total. The Balaban J connectivity index is 2.23. The Morgan fingerprint density at radius 1 is 1.62 bits per heavy atom. The van der Waals surface area contributed by atoms with Gasteiger partial charge in [-0.2, -0.15) is 0 Å². The van der Waals surface area contributed by atoms with Gasteiger partial charge in [0.1, 0.15) is 6.61 Å². The first-order valence-electron chi connectivity index (χ1n) is 6.59. The standard InChI is InChI=1S/C13H17FN2O5/c1-8(17)20-7-9-3-5-13(2,14)11(21-9)16-6-4-10(18)15-12(16)19/h4,6,9,11H,3,5,7H2,1-2H3,(H,15,18,19)/t9-,11+,13?/m0/s1. The number of aromatic amines is 1. The summed E-state index contributed by atoms with van der Waals surface area (Å²) in [6, 6.07) is 1.12. The van der Waals surface area contributed by atoms with Gasteiger partial charge in [-0.15, -0.1) is 0 Å². The molecule has 2 heterocycles. The number of nitrogens with zero attached hydrogens (tertiary/aromatic N) is 1. The average molecular weight is 300 g/mol. The normalized spacial score (nSPS) is 29.1. The second-order valence-electron chi connectivity index (χ2n) is 5.25. The van der Waals surface area contributed by atoms with Crippen LogP contribution in [0.1, 0.15) is 32.9 Å². The molecule has 21 heavy (non-hydrogen) atoms. The van der Waals surface area contributed by atoms with Crippen molar-refractivity contribution in [2.45, 2.75) is 44.7 Å². The Morgan fingerprint density at radius 2 is 2.33 bits per heavy atom. The van der Waals surface area contributed by atoms with Crippen LogP contribution in [-0.4, -0.2) is 33.9 Å². The third kappa shape index (κ3) is 3.57. The van der Waals surface area contributed by atoms with E-state index >= 15 is 0 Å². The Labute approximate surface area is 119 Å². The molecule has 1 aromatic heterocycles. The molecule has 1 aliphatic rings. The number of halogens is 1. The van der Waals surface area contributed by atoms with Gasteiger partial charge >= 0.3 is 11.7 Å². The van der Waals surface area contributed by atoms with Crippen LogP contribution in [0.3, 0.4) is 0 Å². The lowest BCUT2D eigenvalue weighted by atomic mass is 9.94. The minimum atomic E-state index is -1.77. The van der Waals surface area contributed by atoms with Gasteiger partial charge in [0.25, 0.3) is 5.56 Å². The molecule has 0 amide bonds. The summed E-state index contributed by atoms with van der Waals surface area (Å²) in [5.74, 6) is -0.454. The van der Waals surface area contributed by atoms with Gasteiger partial charge in [0.15, 0.2) is 11.9 Å². The number of carbonyl (C=O) groups excluding carboxylic acids is 1. The number of nitrogens with one attached hydrogen (secondary N) is 1. The fourth-order valence-electron chi connectivity index (χ4n) is 2.26. The highest BCUT2D eigenvalue weighted by Crippen LogP contribution is 2.38. The van der Waals surface area contributed by atoms with E-state index in [1.54, 1.807) is 0 Å². The third-order valence-electron chi connectivity index (χ3n) is 3.37. The van der Waals surface area contributed by atoms with Gasteiger partial charge in [0.05, 0.1) is 6.10 Å². The highest BCUT2D eigenvalue weighted by Gasteiger charge is 2.43. The van der Waals surface area contributed by atoms with Gasteiger partial charge in [0.2, 0.25) is 0 Å². The second kappa shape index (κ2) is 5.80. The number of aromatic nitrogens is 2. The summed E-state index contributed by atoms with van der Waals surface area (Å²) in [4.78, 5) is 35.7. The Hall–Kier alpha value is -1.96. The van der Waals surface area contributed by atoms with Gasteiger partial charge in [-0.1, -0.05) is 0 Å². The summed E-state index contributed by atoms with van der Waals surface area (Å²) >= 11 is 0. The van der Waals surface area contributed by atoms with Crippen LogP contribution >= 0.6 is 0 Å². The van der Waals surface area contributed by atoms with Crippen molar-refractivity contribution in [2.24, 2.45) is 0 Å². The fourth-order valence-corrected chi connectivity index (χ4v) is 2.26. The molecular formula is C13H17FN2O5. The SMILES string of the molecule is CC(=O)OC[C@@H]1CCC(C)(F)[C@H](n2ccc(=O)[nH]c2=O)O1. The molecular weight excluding hydrogens is 283 g/mol. The van der Waals surface area contributed by atoms with E-state index in [0.717, 1.165) is 10.6 Å². The topological polar surface area (TPSA) is 90.4 Å². The van der Waals surface area contributed by atoms with Gasteiger partial charge in [0, 0.05) is 19.2 Å². The summed E-state index contributed by atoms with van der Waals surface area (Å²) in [5, 5.41) is 0. The maximum absolute atomic E-state index is 14.6. The molecule has 116 valence electrons. The number of alkyl halides is 1. The van der Waals surface area contributed by atoms with Crippen LogP contribution in [-0.2, 0) is 14.3 Å². The number of carbonyl (C=O) groups is 1. The van der Waals surface area contributed by atoms with E-state index in [0.29, 0.717) is 6.42 Å². The predicted molar refractivity (Wildman–Crippen MR) is 70.6 cm³/mol. The van der Waals surface area contributed by atoms with Crippen molar-refractivity contribution in [1.82, 2.24) is 9.55 Å². The van der Waals surface area contributed by atoms with E-state index in [4.69, 9.17) is 9.47 Å². The van der Waals surface area contributed by atoms with Crippen LogP contribution < -0.4 is 11.2 Å². The maximum Gasteiger partial charge on any atom is 0.330 e. The molecule has 0 aliphatic carbocycles. The molecule has 1 fully saturated rings. The van der Waals surface area contributed by atoms with Crippen LogP contribution in [0, 0.1) is 0 Å². The van der Waals surface area contributed by atoms with Gasteiger partial charge in [-0.25, -0.2) is 9.18 Å². The van der Waals surface area contributed by atoms with E-state index in [-0.39, 0.29) is 13.0 Å². The van der Waals surface area contributed by atoms with Gasteiger partial charge in [-0.05, 0) is 19.8 Å².